The van der Waals surface area contributed by atoms with Gasteiger partial charge in [0, 0.05) is 23.7 Å². The highest BCUT2D eigenvalue weighted by atomic mass is 16.3. The molecule has 0 saturated heterocycles. The Bertz CT molecular complexity index is 633. The second-order valence-electron chi connectivity index (χ2n) is 5.80. The van der Waals surface area contributed by atoms with Crippen molar-refractivity contribution in [2.75, 3.05) is 6.54 Å². The molecule has 0 spiro atoms. The van der Waals surface area contributed by atoms with E-state index in [2.05, 4.69) is 10.3 Å². The molecular weight excluding hydrogens is 264 g/mol. The Labute approximate surface area is 124 Å². The van der Waals surface area contributed by atoms with Gasteiger partial charge >= 0.3 is 0 Å². The first-order valence-corrected chi connectivity index (χ1v) is 7.53. The van der Waals surface area contributed by atoms with Crippen LogP contribution in [0.4, 0.5) is 0 Å². The van der Waals surface area contributed by atoms with Crippen LogP contribution in [0, 0.1) is 5.92 Å². The second kappa shape index (κ2) is 6.22. The summed E-state index contributed by atoms with van der Waals surface area (Å²) in [5.41, 5.74) is 1.57. The normalized spacial score (nSPS) is 22.1. The van der Waals surface area contributed by atoms with Gasteiger partial charge in [-0.1, -0.05) is 6.07 Å². The molecule has 4 heteroatoms. The third-order valence-corrected chi connectivity index (χ3v) is 4.23. The first-order valence-electron chi connectivity index (χ1n) is 7.53. The van der Waals surface area contributed by atoms with Crippen molar-refractivity contribution in [1.29, 1.82) is 0 Å². The van der Waals surface area contributed by atoms with Crippen molar-refractivity contribution in [2.45, 2.75) is 31.8 Å². The quantitative estimate of drug-likeness (QED) is 0.910. The van der Waals surface area contributed by atoms with E-state index in [1.54, 1.807) is 6.20 Å². The fourth-order valence-electron chi connectivity index (χ4n) is 2.90. The number of rotatable bonds is 3. The van der Waals surface area contributed by atoms with Crippen molar-refractivity contribution >= 4 is 16.8 Å². The number of benzene rings is 1. The fourth-order valence-corrected chi connectivity index (χ4v) is 2.90. The number of aliphatic hydroxyl groups is 1. The Morgan fingerprint density at radius 2 is 2.05 bits per heavy atom. The van der Waals surface area contributed by atoms with Crippen molar-refractivity contribution in [2.24, 2.45) is 5.92 Å². The number of hydrogen-bond acceptors (Lipinski definition) is 3. The summed E-state index contributed by atoms with van der Waals surface area (Å²) in [5.74, 6) is 0.450. The van der Waals surface area contributed by atoms with Crippen molar-refractivity contribution in [1.82, 2.24) is 10.3 Å². The Morgan fingerprint density at radius 1 is 1.24 bits per heavy atom. The van der Waals surface area contributed by atoms with Gasteiger partial charge in [-0.05, 0) is 55.9 Å². The summed E-state index contributed by atoms with van der Waals surface area (Å²) < 4.78 is 0. The van der Waals surface area contributed by atoms with Crippen LogP contribution < -0.4 is 5.32 Å². The molecular formula is C17H20N2O2. The monoisotopic (exact) mass is 284 g/mol. The lowest BCUT2D eigenvalue weighted by molar-refractivity contribution is 0.0910. The summed E-state index contributed by atoms with van der Waals surface area (Å²) in [4.78, 5) is 16.5. The molecule has 21 heavy (non-hydrogen) atoms. The Balaban J connectivity index is 1.61. The van der Waals surface area contributed by atoms with Gasteiger partial charge in [0.05, 0.1) is 11.6 Å². The van der Waals surface area contributed by atoms with Gasteiger partial charge in [0.2, 0.25) is 0 Å². The standard InChI is InChI=1S/C17H20N2O2/c20-15-6-3-12(4-7-15)11-19-17(21)14-5-8-16-13(10-14)2-1-9-18-16/h1-2,5,8-10,12,15,20H,3-4,6-7,11H2,(H,19,21). The molecule has 2 aromatic rings. The van der Waals surface area contributed by atoms with Crippen LogP contribution in [0.5, 0.6) is 0 Å². The molecule has 0 radical (unpaired) electrons. The van der Waals surface area contributed by atoms with Crippen LogP contribution in [0.25, 0.3) is 10.9 Å². The molecule has 1 aliphatic carbocycles. The average Bonchev–Trinajstić information content (AvgIpc) is 2.53. The van der Waals surface area contributed by atoms with E-state index in [0.717, 1.165) is 36.6 Å². The number of amides is 1. The van der Waals surface area contributed by atoms with Crippen LogP contribution in [0.15, 0.2) is 36.5 Å². The summed E-state index contributed by atoms with van der Waals surface area (Å²) in [7, 11) is 0. The van der Waals surface area contributed by atoms with E-state index in [0.29, 0.717) is 18.0 Å². The molecule has 1 saturated carbocycles. The number of aromatic nitrogens is 1. The van der Waals surface area contributed by atoms with Gasteiger partial charge in [-0.3, -0.25) is 9.78 Å². The lowest BCUT2D eigenvalue weighted by atomic mass is 9.87. The zero-order chi connectivity index (χ0) is 14.7. The highest BCUT2D eigenvalue weighted by Crippen LogP contribution is 2.23. The zero-order valence-electron chi connectivity index (χ0n) is 12.0. The minimum absolute atomic E-state index is 0.0353. The minimum atomic E-state index is -0.148. The van der Waals surface area contributed by atoms with E-state index in [9.17, 15) is 9.90 Å². The molecule has 0 atom stereocenters. The Kier molecular flexibility index (Phi) is 4.15. The molecule has 3 rings (SSSR count). The van der Waals surface area contributed by atoms with Crippen molar-refractivity contribution in [3.63, 3.8) is 0 Å². The van der Waals surface area contributed by atoms with Crippen LogP contribution in [-0.2, 0) is 0 Å². The molecule has 1 aromatic carbocycles. The first-order chi connectivity index (χ1) is 10.2. The summed E-state index contributed by atoms with van der Waals surface area (Å²) in [5, 5.41) is 13.5. The summed E-state index contributed by atoms with van der Waals surface area (Å²) >= 11 is 0. The molecule has 1 fully saturated rings. The lowest BCUT2D eigenvalue weighted by Crippen LogP contribution is -2.32. The van der Waals surface area contributed by atoms with E-state index in [1.807, 2.05) is 30.3 Å². The summed E-state index contributed by atoms with van der Waals surface area (Å²) in [6, 6.07) is 9.40. The summed E-state index contributed by atoms with van der Waals surface area (Å²) in [6.45, 7) is 0.691. The molecule has 0 unspecified atom stereocenters. The maximum Gasteiger partial charge on any atom is 0.251 e. The van der Waals surface area contributed by atoms with Gasteiger partial charge in [-0.25, -0.2) is 0 Å². The number of carbonyl (C=O) groups is 1. The predicted octanol–water partition coefficient (Wildman–Crippen LogP) is 2.52. The van der Waals surface area contributed by atoms with Gasteiger partial charge in [0.1, 0.15) is 0 Å². The number of carbonyl (C=O) groups excluding carboxylic acids is 1. The number of nitrogens with zero attached hydrogens (tertiary/aromatic N) is 1. The number of nitrogens with one attached hydrogen (secondary N) is 1. The van der Waals surface area contributed by atoms with E-state index >= 15 is 0 Å². The Hall–Kier alpha value is -1.94. The third kappa shape index (κ3) is 3.39. The van der Waals surface area contributed by atoms with Crippen molar-refractivity contribution in [3.05, 3.63) is 42.1 Å². The molecule has 110 valence electrons. The minimum Gasteiger partial charge on any atom is -0.393 e. The second-order valence-corrected chi connectivity index (χ2v) is 5.80. The smallest absolute Gasteiger partial charge is 0.251 e. The lowest BCUT2D eigenvalue weighted by Gasteiger charge is -2.25. The van der Waals surface area contributed by atoms with Crippen LogP contribution in [0.3, 0.4) is 0 Å². The van der Waals surface area contributed by atoms with Gasteiger partial charge in [-0.2, -0.15) is 0 Å². The fraction of sp³-hybridized carbons (Fsp3) is 0.412. The van der Waals surface area contributed by atoms with Crippen molar-refractivity contribution in [3.8, 4) is 0 Å². The number of hydrogen-bond donors (Lipinski definition) is 2. The molecule has 1 amide bonds. The highest BCUT2D eigenvalue weighted by molar-refractivity contribution is 5.97. The van der Waals surface area contributed by atoms with E-state index < -0.39 is 0 Å². The van der Waals surface area contributed by atoms with E-state index in [4.69, 9.17) is 0 Å². The van der Waals surface area contributed by atoms with Gasteiger partial charge < -0.3 is 10.4 Å². The maximum absolute atomic E-state index is 12.2. The Morgan fingerprint density at radius 3 is 2.86 bits per heavy atom. The number of fused-ring (bicyclic) bond motifs is 1. The van der Waals surface area contributed by atoms with E-state index in [-0.39, 0.29) is 12.0 Å². The zero-order valence-corrected chi connectivity index (χ0v) is 12.0. The van der Waals surface area contributed by atoms with Crippen LogP contribution in [0.2, 0.25) is 0 Å². The third-order valence-electron chi connectivity index (χ3n) is 4.23. The molecule has 0 aliphatic heterocycles. The topological polar surface area (TPSA) is 62.2 Å². The number of aliphatic hydroxyl groups excluding tert-OH is 1. The van der Waals surface area contributed by atoms with Crippen LogP contribution >= 0.6 is 0 Å². The SMILES string of the molecule is O=C(NCC1CCC(O)CC1)c1ccc2ncccc2c1. The average molecular weight is 284 g/mol. The largest absolute Gasteiger partial charge is 0.393 e. The van der Waals surface area contributed by atoms with Crippen molar-refractivity contribution < 1.29 is 9.90 Å². The highest BCUT2D eigenvalue weighted by Gasteiger charge is 2.19. The van der Waals surface area contributed by atoms with Gasteiger partial charge in [0.25, 0.3) is 5.91 Å². The van der Waals surface area contributed by atoms with Gasteiger partial charge in [0.15, 0.2) is 0 Å². The van der Waals surface area contributed by atoms with Crippen LogP contribution in [0.1, 0.15) is 36.0 Å². The first kappa shape index (κ1) is 14.0. The number of pyridine rings is 1. The molecule has 1 aromatic heterocycles. The molecule has 1 aliphatic rings. The molecule has 2 N–H and O–H groups in total. The molecule has 4 nitrogen and oxygen atoms in total. The predicted molar refractivity (Wildman–Crippen MR) is 82.0 cm³/mol. The van der Waals surface area contributed by atoms with Gasteiger partial charge in [-0.15, -0.1) is 0 Å². The van der Waals surface area contributed by atoms with E-state index in [1.165, 1.54) is 0 Å². The molecule has 0 bridgehead atoms. The van der Waals surface area contributed by atoms with Crippen LogP contribution in [-0.4, -0.2) is 28.6 Å². The maximum atomic E-state index is 12.2. The molecule has 1 heterocycles. The summed E-state index contributed by atoms with van der Waals surface area (Å²) in [6.07, 6.45) is 5.28.